The van der Waals surface area contributed by atoms with Crippen LogP contribution in [0.2, 0.25) is 0 Å². The quantitative estimate of drug-likeness (QED) is 0.335. The minimum absolute atomic E-state index is 0.0231. The third kappa shape index (κ3) is 5.08. The van der Waals surface area contributed by atoms with Gasteiger partial charge < -0.3 is 9.64 Å². The molecule has 0 fully saturated rings. The summed E-state index contributed by atoms with van der Waals surface area (Å²) in [7, 11) is 0. The molecule has 0 aromatic heterocycles. The van der Waals surface area contributed by atoms with E-state index in [1.165, 1.54) is 29.2 Å². The maximum Gasteiger partial charge on any atom is 0.306 e. The first-order chi connectivity index (χ1) is 17.4. The lowest BCUT2D eigenvalue weighted by Gasteiger charge is -2.27. The number of hydrogen-bond donors (Lipinski definition) is 0. The Bertz CT molecular complexity index is 1330. The molecular weight excluding hydrogens is 465 g/mol. The molecule has 0 spiro atoms. The van der Waals surface area contributed by atoms with Gasteiger partial charge in [-0.3, -0.25) is 24.1 Å². The van der Waals surface area contributed by atoms with E-state index in [1.807, 2.05) is 18.2 Å². The van der Waals surface area contributed by atoms with Gasteiger partial charge in [-0.05, 0) is 48.2 Å². The topological polar surface area (TPSA) is 108 Å². The number of carbonyl (C=O) groups is 4. The van der Waals surface area contributed by atoms with E-state index < -0.39 is 36.1 Å². The van der Waals surface area contributed by atoms with Gasteiger partial charge in [0.2, 0.25) is 0 Å². The lowest BCUT2D eigenvalue weighted by Crippen LogP contribution is -2.41. The maximum absolute atomic E-state index is 13.2. The number of esters is 1. The van der Waals surface area contributed by atoms with Crippen LogP contribution in [0.15, 0.2) is 60.7 Å². The van der Waals surface area contributed by atoms with Crippen LogP contribution in [0, 0.1) is 17.1 Å². The van der Waals surface area contributed by atoms with Gasteiger partial charge >= 0.3 is 5.97 Å². The largest absolute Gasteiger partial charge is 0.456 e. The number of nitrogens with zero attached hydrogens (tertiary/aromatic N) is 3. The van der Waals surface area contributed by atoms with Crippen molar-refractivity contribution in [3.8, 4) is 6.07 Å². The van der Waals surface area contributed by atoms with Crippen LogP contribution >= 0.6 is 0 Å². The highest BCUT2D eigenvalue weighted by atomic mass is 19.1. The van der Waals surface area contributed by atoms with E-state index in [0.717, 1.165) is 10.3 Å². The minimum atomic E-state index is -0.665. The summed E-state index contributed by atoms with van der Waals surface area (Å²) in [5, 5.41) is 10.3. The molecule has 0 radical (unpaired) electrons. The van der Waals surface area contributed by atoms with Crippen molar-refractivity contribution < 1.29 is 28.3 Å². The summed E-state index contributed by atoms with van der Waals surface area (Å²) < 4.78 is 18.3. The predicted octanol–water partition coefficient (Wildman–Crippen LogP) is 3.85. The molecule has 0 aliphatic carbocycles. The lowest BCUT2D eigenvalue weighted by atomic mass is 9.94. The summed E-state index contributed by atoms with van der Waals surface area (Å²) in [4.78, 5) is 53.0. The zero-order valence-electron chi connectivity index (χ0n) is 19.3. The van der Waals surface area contributed by atoms with Crippen LogP contribution in [0.3, 0.4) is 0 Å². The Morgan fingerprint density at radius 1 is 0.972 bits per heavy atom. The Morgan fingerprint density at radius 2 is 1.61 bits per heavy atom. The van der Waals surface area contributed by atoms with E-state index in [9.17, 15) is 23.6 Å². The fourth-order valence-corrected chi connectivity index (χ4v) is 4.14. The number of amides is 3. The van der Waals surface area contributed by atoms with E-state index in [4.69, 9.17) is 10.00 Å². The first-order valence-corrected chi connectivity index (χ1v) is 11.4. The average molecular weight is 487 g/mol. The van der Waals surface area contributed by atoms with Crippen LogP contribution in [0.5, 0.6) is 0 Å². The number of halogens is 1. The van der Waals surface area contributed by atoms with Crippen LogP contribution in [-0.2, 0) is 14.3 Å². The first-order valence-electron chi connectivity index (χ1n) is 11.4. The van der Waals surface area contributed by atoms with Crippen LogP contribution in [-0.4, -0.2) is 48.3 Å². The Kier molecular flexibility index (Phi) is 7.35. The van der Waals surface area contributed by atoms with Crippen molar-refractivity contribution in [2.75, 3.05) is 24.6 Å². The molecule has 8 nitrogen and oxygen atoms in total. The predicted molar refractivity (Wildman–Crippen MR) is 128 cm³/mol. The number of carbonyl (C=O) groups excluding carboxylic acids is 4. The third-order valence-electron chi connectivity index (χ3n) is 5.86. The van der Waals surface area contributed by atoms with Crippen molar-refractivity contribution in [3.05, 3.63) is 77.6 Å². The molecular formula is C27H22FN3O5. The average Bonchev–Trinajstić information content (AvgIpc) is 2.89. The summed E-state index contributed by atoms with van der Waals surface area (Å²) in [6, 6.07) is 17.7. The van der Waals surface area contributed by atoms with E-state index >= 15 is 0 Å². The molecule has 4 rings (SSSR count). The lowest BCUT2D eigenvalue weighted by molar-refractivity contribution is -0.148. The fourth-order valence-electron chi connectivity index (χ4n) is 4.14. The summed E-state index contributed by atoms with van der Waals surface area (Å²) >= 11 is 0. The number of ether oxygens (including phenoxy) is 1. The Hall–Kier alpha value is -4.58. The monoisotopic (exact) mass is 487 g/mol. The number of imide groups is 1. The molecule has 0 saturated carbocycles. The van der Waals surface area contributed by atoms with E-state index in [-0.39, 0.29) is 32.4 Å². The second-order valence-electron chi connectivity index (χ2n) is 8.17. The van der Waals surface area contributed by atoms with E-state index in [2.05, 4.69) is 0 Å². The highest BCUT2D eigenvalue weighted by molar-refractivity contribution is 6.25. The van der Waals surface area contributed by atoms with Gasteiger partial charge in [0.05, 0.1) is 12.5 Å². The van der Waals surface area contributed by atoms with Gasteiger partial charge in [0.1, 0.15) is 5.82 Å². The molecule has 0 saturated heterocycles. The Balaban J connectivity index is 1.32. The first kappa shape index (κ1) is 24.5. The van der Waals surface area contributed by atoms with Crippen molar-refractivity contribution in [3.63, 3.8) is 0 Å². The molecule has 3 aromatic rings. The van der Waals surface area contributed by atoms with Gasteiger partial charge in [-0.1, -0.05) is 24.3 Å². The number of rotatable bonds is 9. The molecule has 9 heteroatoms. The number of benzene rings is 3. The van der Waals surface area contributed by atoms with Crippen LogP contribution in [0.4, 0.5) is 10.1 Å². The number of anilines is 1. The second kappa shape index (κ2) is 10.8. The zero-order chi connectivity index (χ0) is 25.7. The number of hydrogen-bond acceptors (Lipinski definition) is 6. The second-order valence-corrected chi connectivity index (χ2v) is 8.17. The molecule has 1 aliphatic heterocycles. The molecule has 3 amide bonds. The highest BCUT2D eigenvalue weighted by Crippen LogP contribution is 2.30. The molecule has 0 unspecified atom stereocenters. The van der Waals surface area contributed by atoms with Gasteiger partial charge in [0.15, 0.2) is 6.61 Å². The maximum atomic E-state index is 13.2. The molecule has 0 N–H and O–H groups in total. The fraction of sp³-hybridized carbons (Fsp3) is 0.222. The van der Waals surface area contributed by atoms with Gasteiger partial charge in [-0.15, -0.1) is 0 Å². The third-order valence-corrected chi connectivity index (χ3v) is 5.86. The molecule has 1 aliphatic rings. The van der Waals surface area contributed by atoms with Crippen molar-refractivity contribution >= 4 is 40.2 Å². The highest BCUT2D eigenvalue weighted by Gasteiger charge is 2.32. The van der Waals surface area contributed by atoms with Crippen LogP contribution < -0.4 is 4.90 Å². The SMILES string of the molecule is N#CCCN(C(=O)COC(=O)CCCN1C(=O)c2cccc3cccc(c23)C1=O)c1ccc(F)cc1. The molecule has 36 heavy (non-hydrogen) atoms. The standard InChI is InChI=1S/C27H22FN3O5/c28-19-10-12-20(13-11-19)30(16-4-14-29)23(32)17-36-24(33)9-3-15-31-26(34)21-7-1-5-18-6-2-8-22(25(18)21)27(31)35/h1-2,5-8,10-13H,3-4,9,15-17H2. The van der Waals surface area contributed by atoms with E-state index in [1.54, 1.807) is 24.3 Å². The van der Waals surface area contributed by atoms with Crippen molar-refractivity contribution in [1.29, 1.82) is 5.26 Å². The van der Waals surface area contributed by atoms with Crippen LogP contribution in [0.25, 0.3) is 10.8 Å². The zero-order valence-corrected chi connectivity index (χ0v) is 19.3. The van der Waals surface area contributed by atoms with Crippen molar-refractivity contribution in [2.45, 2.75) is 19.3 Å². The van der Waals surface area contributed by atoms with Gasteiger partial charge in [0, 0.05) is 41.7 Å². The van der Waals surface area contributed by atoms with Crippen molar-refractivity contribution in [2.24, 2.45) is 0 Å². The van der Waals surface area contributed by atoms with Crippen molar-refractivity contribution in [1.82, 2.24) is 4.90 Å². The minimum Gasteiger partial charge on any atom is -0.456 e. The van der Waals surface area contributed by atoms with Crippen LogP contribution in [0.1, 0.15) is 40.0 Å². The molecule has 0 atom stereocenters. The molecule has 0 bridgehead atoms. The Morgan fingerprint density at radius 3 is 2.22 bits per heavy atom. The summed E-state index contributed by atoms with van der Waals surface area (Å²) in [5.41, 5.74) is 1.26. The summed E-state index contributed by atoms with van der Waals surface area (Å²) in [6.07, 6.45) is 0.107. The molecule has 3 aromatic carbocycles. The normalized spacial score (nSPS) is 12.4. The summed E-state index contributed by atoms with van der Waals surface area (Å²) in [5.74, 6) is -2.53. The van der Waals surface area contributed by atoms with Gasteiger partial charge in [-0.25, -0.2) is 4.39 Å². The summed E-state index contributed by atoms with van der Waals surface area (Å²) in [6.45, 7) is -0.472. The smallest absolute Gasteiger partial charge is 0.306 e. The Labute approximate surface area is 206 Å². The van der Waals surface area contributed by atoms with E-state index in [0.29, 0.717) is 22.2 Å². The molecule has 1 heterocycles. The number of nitriles is 1. The van der Waals surface area contributed by atoms with Gasteiger partial charge in [0.25, 0.3) is 17.7 Å². The van der Waals surface area contributed by atoms with Gasteiger partial charge in [-0.2, -0.15) is 5.26 Å². The molecule has 182 valence electrons.